The van der Waals surface area contributed by atoms with Crippen molar-refractivity contribution in [2.24, 2.45) is 5.92 Å². The second-order valence-electron chi connectivity index (χ2n) is 4.50. The third-order valence-electron chi connectivity index (χ3n) is 2.80. The largest absolute Gasteiger partial charge is 0.378 e. The molecule has 2 heterocycles. The minimum atomic E-state index is 0.106. The molecule has 0 saturated carbocycles. The van der Waals surface area contributed by atoms with Gasteiger partial charge in [-0.2, -0.15) is 0 Å². The fraction of sp³-hybridized carbons (Fsp3) is 0.900. The van der Waals surface area contributed by atoms with Crippen LogP contribution in [0.3, 0.4) is 0 Å². The minimum Gasteiger partial charge on any atom is -0.378 e. The Labute approximate surface area is 84.6 Å². The van der Waals surface area contributed by atoms with Gasteiger partial charge in [-0.3, -0.25) is 4.79 Å². The van der Waals surface area contributed by atoms with E-state index >= 15 is 0 Å². The first kappa shape index (κ1) is 9.93. The molecule has 4 nitrogen and oxygen atoms in total. The third kappa shape index (κ3) is 1.91. The maximum Gasteiger partial charge on any atom is 0.225 e. The number of ether oxygens (including phenoxy) is 1. The van der Waals surface area contributed by atoms with E-state index in [1.807, 2.05) is 18.7 Å². The van der Waals surface area contributed by atoms with Gasteiger partial charge in [-0.25, -0.2) is 0 Å². The zero-order valence-corrected chi connectivity index (χ0v) is 8.82. The third-order valence-corrected chi connectivity index (χ3v) is 2.80. The lowest BCUT2D eigenvalue weighted by molar-refractivity contribution is -0.138. The van der Waals surface area contributed by atoms with Crippen LogP contribution in [-0.4, -0.2) is 49.2 Å². The smallest absolute Gasteiger partial charge is 0.225 e. The Morgan fingerprint density at radius 3 is 2.43 bits per heavy atom. The average Bonchev–Trinajstić information content (AvgIpc) is 2.15. The number of nitrogens with zero attached hydrogens (tertiary/aromatic N) is 1. The van der Waals surface area contributed by atoms with Crippen molar-refractivity contribution in [2.75, 3.05) is 26.3 Å². The molecule has 1 N–H and O–H groups in total. The second-order valence-corrected chi connectivity index (χ2v) is 4.50. The number of hydrogen-bond donors (Lipinski definition) is 1. The molecule has 2 aliphatic rings. The van der Waals surface area contributed by atoms with Gasteiger partial charge in [0, 0.05) is 31.1 Å². The van der Waals surface area contributed by atoms with E-state index in [-0.39, 0.29) is 11.8 Å². The van der Waals surface area contributed by atoms with Crippen molar-refractivity contribution in [3.8, 4) is 0 Å². The molecule has 0 aromatic rings. The standard InChI is InChI=1S/C10H18N2O2/c1-7(2)10(13)12-3-8-5-14-6-9(4-12)11-8/h7-9,11H,3-6H2,1-2H3. The van der Waals surface area contributed by atoms with Crippen LogP contribution in [0, 0.1) is 5.92 Å². The Kier molecular flexibility index (Phi) is 2.74. The molecule has 0 aromatic carbocycles. The molecule has 0 radical (unpaired) electrons. The van der Waals surface area contributed by atoms with Crippen LogP contribution in [0.1, 0.15) is 13.8 Å². The molecule has 80 valence electrons. The van der Waals surface area contributed by atoms with E-state index < -0.39 is 0 Å². The normalized spacial score (nSPS) is 32.1. The number of piperazine rings is 1. The molecule has 2 atom stereocenters. The van der Waals surface area contributed by atoms with Gasteiger partial charge in [0.25, 0.3) is 0 Å². The van der Waals surface area contributed by atoms with Crippen LogP contribution in [0.5, 0.6) is 0 Å². The van der Waals surface area contributed by atoms with Crippen molar-refractivity contribution in [1.29, 1.82) is 0 Å². The highest BCUT2D eigenvalue weighted by Crippen LogP contribution is 2.13. The van der Waals surface area contributed by atoms with Gasteiger partial charge in [0.05, 0.1) is 13.2 Å². The number of morpholine rings is 1. The summed E-state index contributed by atoms with van der Waals surface area (Å²) in [6.07, 6.45) is 0. The van der Waals surface area contributed by atoms with Crippen LogP contribution in [0.4, 0.5) is 0 Å². The summed E-state index contributed by atoms with van der Waals surface area (Å²) < 4.78 is 5.42. The zero-order valence-electron chi connectivity index (χ0n) is 8.82. The van der Waals surface area contributed by atoms with E-state index in [9.17, 15) is 4.79 Å². The van der Waals surface area contributed by atoms with Crippen molar-refractivity contribution in [3.05, 3.63) is 0 Å². The lowest BCUT2D eigenvalue weighted by atomic mass is 10.1. The summed E-state index contributed by atoms with van der Waals surface area (Å²) in [5.74, 6) is 0.373. The predicted molar refractivity (Wildman–Crippen MR) is 52.9 cm³/mol. The van der Waals surface area contributed by atoms with Crippen LogP contribution >= 0.6 is 0 Å². The molecular weight excluding hydrogens is 180 g/mol. The van der Waals surface area contributed by atoms with Gasteiger partial charge in [-0.05, 0) is 0 Å². The quantitative estimate of drug-likeness (QED) is 0.636. The average molecular weight is 198 g/mol. The fourth-order valence-corrected chi connectivity index (χ4v) is 2.14. The molecule has 1 amide bonds. The molecule has 0 spiro atoms. The van der Waals surface area contributed by atoms with E-state index in [0.29, 0.717) is 12.1 Å². The predicted octanol–water partition coefficient (Wildman–Crippen LogP) is -0.158. The molecule has 0 aromatic heterocycles. The van der Waals surface area contributed by atoms with E-state index in [0.717, 1.165) is 26.3 Å². The first-order chi connectivity index (χ1) is 6.66. The summed E-state index contributed by atoms with van der Waals surface area (Å²) in [4.78, 5) is 13.8. The number of amides is 1. The maximum absolute atomic E-state index is 11.8. The molecule has 2 rings (SSSR count). The number of nitrogens with one attached hydrogen (secondary N) is 1. The van der Waals surface area contributed by atoms with Gasteiger partial charge >= 0.3 is 0 Å². The number of carbonyl (C=O) groups excluding carboxylic acids is 1. The SMILES string of the molecule is CC(C)C(=O)N1CC2COCC(C1)N2. The Morgan fingerprint density at radius 1 is 1.36 bits per heavy atom. The fourth-order valence-electron chi connectivity index (χ4n) is 2.14. The maximum atomic E-state index is 11.8. The molecule has 2 saturated heterocycles. The molecule has 0 aliphatic carbocycles. The van der Waals surface area contributed by atoms with Crippen LogP contribution in [0.2, 0.25) is 0 Å². The van der Waals surface area contributed by atoms with Crippen molar-refractivity contribution < 1.29 is 9.53 Å². The second kappa shape index (κ2) is 3.87. The van der Waals surface area contributed by atoms with Crippen molar-refractivity contribution in [1.82, 2.24) is 10.2 Å². The van der Waals surface area contributed by atoms with E-state index in [1.54, 1.807) is 0 Å². The lowest BCUT2D eigenvalue weighted by Gasteiger charge is -2.42. The van der Waals surface area contributed by atoms with Crippen LogP contribution in [0.15, 0.2) is 0 Å². The Balaban J connectivity index is 1.98. The molecule has 14 heavy (non-hydrogen) atoms. The summed E-state index contributed by atoms with van der Waals surface area (Å²) in [5.41, 5.74) is 0. The monoisotopic (exact) mass is 198 g/mol. The Morgan fingerprint density at radius 2 is 1.93 bits per heavy atom. The summed E-state index contributed by atoms with van der Waals surface area (Å²) >= 11 is 0. The van der Waals surface area contributed by atoms with Gasteiger partial charge in [-0.15, -0.1) is 0 Å². The summed E-state index contributed by atoms with van der Waals surface area (Å²) in [5, 5.41) is 3.46. The minimum absolute atomic E-state index is 0.106. The first-order valence-electron chi connectivity index (χ1n) is 5.29. The molecule has 2 bridgehead atoms. The van der Waals surface area contributed by atoms with Gasteiger partial charge in [-0.1, -0.05) is 13.8 Å². The summed E-state index contributed by atoms with van der Waals surface area (Å²) in [6.45, 7) is 6.98. The highest BCUT2D eigenvalue weighted by Gasteiger charge is 2.33. The highest BCUT2D eigenvalue weighted by atomic mass is 16.5. The Hall–Kier alpha value is -0.610. The number of hydrogen-bond acceptors (Lipinski definition) is 3. The van der Waals surface area contributed by atoms with Gasteiger partial charge in [0.15, 0.2) is 0 Å². The van der Waals surface area contributed by atoms with Crippen LogP contribution in [0.25, 0.3) is 0 Å². The van der Waals surface area contributed by atoms with E-state index in [4.69, 9.17) is 4.74 Å². The molecular formula is C10H18N2O2. The van der Waals surface area contributed by atoms with Crippen molar-refractivity contribution in [3.63, 3.8) is 0 Å². The van der Waals surface area contributed by atoms with Crippen LogP contribution in [-0.2, 0) is 9.53 Å². The van der Waals surface area contributed by atoms with E-state index in [2.05, 4.69) is 5.32 Å². The molecule has 2 aliphatic heterocycles. The van der Waals surface area contributed by atoms with Gasteiger partial charge in [0.2, 0.25) is 5.91 Å². The number of rotatable bonds is 1. The van der Waals surface area contributed by atoms with Gasteiger partial charge in [0.1, 0.15) is 0 Å². The number of carbonyl (C=O) groups is 1. The summed E-state index contributed by atoms with van der Waals surface area (Å²) in [7, 11) is 0. The van der Waals surface area contributed by atoms with Crippen molar-refractivity contribution >= 4 is 5.91 Å². The molecule has 2 unspecified atom stereocenters. The highest BCUT2D eigenvalue weighted by molar-refractivity contribution is 5.78. The summed E-state index contributed by atoms with van der Waals surface area (Å²) in [6, 6.07) is 0.676. The van der Waals surface area contributed by atoms with Crippen LogP contribution < -0.4 is 5.32 Å². The first-order valence-corrected chi connectivity index (χ1v) is 5.29. The van der Waals surface area contributed by atoms with Gasteiger partial charge < -0.3 is 15.0 Å². The van der Waals surface area contributed by atoms with E-state index in [1.165, 1.54) is 0 Å². The Bertz CT molecular complexity index is 218. The topological polar surface area (TPSA) is 41.6 Å². The lowest BCUT2D eigenvalue weighted by Crippen LogP contribution is -2.64. The molecule has 4 heteroatoms. The van der Waals surface area contributed by atoms with Crippen molar-refractivity contribution in [2.45, 2.75) is 25.9 Å². The number of fused-ring (bicyclic) bond motifs is 2. The zero-order chi connectivity index (χ0) is 10.1. The molecule has 2 fully saturated rings.